The van der Waals surface area contributed by atoms with Crippen molar-refractivity contribution in [2.45, 2.75) is 65.3 Å². The summed E-state index contributed by atoms with van der Waals surface area (Å²) in [7, 11) is 1.50. The molecule has 0 unspecified atom stereocenters. The lowest BCUT2D eigenvalue weighted by molar-refractivity contribution is 0.0995. The monoisotopic (exact) mass is 490 g/mol. The average Bonchev–Trinajstić information content (AvgIpc) is 3.45. The van der Waals surface area contributed by atoms with Gasteiger partial charge in [0.1, 0.15) is 23.7 Å². The van der Waals surface area contributed by atoms with Gasteiger partial charge in [-0.1, -0.05) is 6.07 Å². The van der Waals surface area contributed by atoms with Crippen molar-refractivity contribution in [1.29, 1.82) is 0 Å². The number of hydrogen-bond donors (Lipinski definition) is 1. The summed E-state index contributed by atoms with van der Waals surface area (Å²) < 4.78 is 1.93. The van der Waals surface area contributed by atoms with Gasteiger partial charge >= 0.3 is 6.09 Å². The van der Waals surface area contributed by atoms with Crippen LogP contribution in [0.3, 0.4) is 0 Å². The highest BCUT2D eigenvalue weighted by Gasteiger charge is 2.37. The minimum atomic E-state index is -1.05. The zero-order chi connectivity index (χ0) is 25.7. The van der Waals surface area contributed by atoms with Gasteiger partial charge in [-0.15, -0.1) is 10.2 Å². The van der Waals surface area contributed by atoms with Crippen molar-refractivity contribution in [3.05, 3.63) is 47.4 Å². The van der Waals surface area contributed by atoms with E-state index in [2.05, 4.69) is 28.9 Å². The Morgan fingerprint density at radius 3 is 2.61 bits per heavy atom. The van der Waals surface area contributed by atoms with Crippen LogP contribution in [0.15, 0.2) is 30.6 Å². The molecule has 11 nitrogen and oxygen atoms in total. The van der Waals surface area contributed by atoms with E-state index in [1.165, 1.54) is 11.9 Å². The highest BCUT2D eigenvalue weighted by molar-refractivity contribution is 6.10. The lowest BCUT2D eigenvalue weighted by Crippen LogP contribution is -2.53. The number of carbonyl (C=O) groups excluding carboxylic acids is 1. The predicted molar refractivity (Wildman–Crippen MR) is 134 cm³/mol. The van der Waals surface area contributed by atoms with Crippen LogP contribution in [0.1, 0.15) is 61.8 Å². The van der Waals surface area contributed by atoms with Gasteiger partial charge in [-0.25, -0.2) is 14.8 Å². The highest BCUT2D eigenvalue weighted by atomic mass is 16.4. The molecule has 0 aliphatic carbocycles. The third-order valence-corrected chi connectivity index (χ3v) is 6.97. The fraction of sp³-hybridized carbons (Fsp3) is 0.440. The first-order valence-corrected chi connectivity index (χ1v) is 12.1. The highest BCUT2D eigenvalue weighted by Crippen LogP contribution is 2.36. The molecule has 0 bridgehead atoms. The van der Waals surface area contributed by atoms with Crippen LogP contribution in [0, 0.1) is 0 Å². The third kappa shape index (κ3) is 3.94. The van der Waals surface area contributed by atoms with Crippen LogP contribution in [0.2, 0.25) is 0 Å². The molecule has 1 saturated heterocycles. The smallest absolute Gasteiger partial charge is 0.407 e. The normalized spacial score (nSPS) is 19.0. The molecule has 0 spiro atoms. The molecule has 188 valence electrons. The Morgan fingerprint density at radius 1 is 1.19 bits per heavy atom. The summed E-state index contributed by atoms with van der Waals surface area (Å²) in [4.78, 5) is 39.8. The van der Waals surface area contributed by atoms with Crippen molar-refractivity contribution in [2.24, 2.45) is 0 Å². The Bertz CT molecular complexity index is 1330. The number of aromatic nitrogens is 5. The fourth-order valence-electron chi connectivity index (χ4n) is 5.06. The molecule has 0 aromatic carbocycles. The first-order chi connectivity index (χ1) is 17.2. The second-order valence-electron chi connectivity index (χ2n) is 9.86. The molecule has 0 saturated carbocycles. The second-order valence-corrected chi connectivity index (χ2v) is 9.86. The van der Waals surface area contributed by atoms with Crippen LogP contribution in [-0.4, -0.2) is 65.9 Å². The summed E-state index contributed by atoms with van der Waals surface area (Å²) >= 11 is 0. The second kappa shape index (κ2) is 8.89. The topological polar surface area (TPSA) is 121 Å². The van der Waals surface area contributed by atoms with Crippen molar-refractivity contribution in [2.75, 3.05) is 16.8 Å². The lowest BCUT2D eigenvalue weighted by Gasteiger charge is -2.46. The minimum Gasteiger partial charge on any atom is -0.465 e. The summed E-state index contributed by atoms with van der Waals surface area (Å²) in [6.45, 7) is 8.68. The van der Waals surface area contributed by atoms with Crippen LogP contribution >= 0.6 is 0 Å². The summed E-state index contributed by atoms with van der Waals surface area (Å²) in [5.74, 6) is 1.65. The molecular formula is C25H30N8O3. The predicted octanol–water partition coefficient (Wildman–Crippen LogP) is 3.57. The van der Waals surface area contributed by atoms with Crippen LogP contribution < -0.4 is 9.80 Å². The molecule has 5 rings (SSSR count). The Hall–Kier alpha value is -4.02. The van der Waals surface area contributed by atoms with Gasteiger partial charge in [-0.2, -0.15) is 0 Å². The van der Waals surface area contributed by atoms with Crippen LogP contribution in [0.25, 0.3) is 11.5 Å². The van der Waals surface area contributed by atoms with Crippen molar-refractivity contribution in [3.8, 4) is 11.5 Å². The third-order valence-electron chi connectivity index (χ3n) is 6.97. The number of rotatable bonds is 6. The quantitative estimate of drug-likeness (QED) is 0.557. The average molecular weight is 491 g/mol. The van der Waals surface area contributed by atoms with Gasteiger partial charge in [0.05, 0.1) is 24.3 Å². The number of nitrogens with zero attached hydrogens (tertiary/aromatic N) is 8. The van der Waals surface area contributed by atoms with E-state index in [0.717, 1.165) is 12.0 Å². The zero-order valence-corrected chi connectivity index (χ0v) is 21.1. The molecule has 0 radical (unpaired) electrons. The fourth-order valence-corrected chi connectivity index (χ4v) is 5.06. The van der Waals surface area contributed by atoms with E-state index in [4.69, 9.17) is 9.97 Å². The van der Waals surface area contributed by atoms with E-state index in [0.29, 0.717) is 46.5 Å². The van der Waals surface area contributed by atoms with Gasteiger partial charge in [0.2, 0.25) is 0 Å². The number of carbonyl (C=O) groups is 2. The Morgan fingerprint density at radius 2 is 1.94 bits per heavy atom. The van der Waals surface area contributed by atoms with Gasteiger partial charge in [-0.05, 0) is 52.3 Å². The molecule has 2 aliphatic heterocycles. The lowest BCUT2D eigenvalue weighted by atomic mass is 9.95. The van der Waals surface area contributed by atoms with Crippen LogP contribution in [0.4, 0.5) is 16.4 Å². The number of fused-ring (bicyclic) bond motifs is 1. The Kier molecular flexibility index (Phi) is 5.85. The van der Waals surface area contributed by atoms with E-state index in [1.54, 1.807) is 17.3 Å². The maximum Gasteiger partial charge on any atom is 0.407 e. The van der Waals surface area contributed by atoms with Crippen molar-refractivity contribution in [1.82, 2.24) is 29.6 Å². The van der Waals surface area contributed by atoms with Gasteiger partial charge in [0.15, 0.2) is 5.82 Å². The van der Waals surface area contributed by atoms with Gasteiger partial charge in [0, 0.05) is 30.7 Å². The summed E-state index contributed by atoms with van der Waals surface area (Å²) in [6.07, 6.45) is 1.66. The molecule has 3 aromatic heterocycles. The molecule has 3 aromatic rings. The van der Waals surface area contributed by atoms with E-state index in [1.807, 2.05) is 36.6 Å². The standard InChI is InChI=1S/C25H30N8O3/c1-14(2)32-13-26-29-23(32)19-7-6-8-21(27-19)31-11-18-17(24(31)34)10-22(33-15(3)9-16(33)4)28-20(18)12-30(5)25(35)36/h6-8,10,13-16H,9,11-12H2,1-5H3,(H,35,36)/t15-,16-/m1/s1. The molecule has 36 heavy (non-hydrogen) atoms. The summed E-state index contributed by atoms with van der Waals surface area (Å²) in [5, 5.41) is 17.7. The molecule has 11 heteroatoms. The molecule has 2 atom stereocenters. The van der Waals surface area contributed by atoms with E-state index >= 15 is 0 Å². The molecule has 5 heterocycles. The van der Waals surface area contributed by atoms with Crippen molar-refractivity contribution in [3.63, 3.8) is 0 Å². The van der Waals surface area contributed by atoms with Gasteiger partial charge in [0.25, 0.3) is 5.91 Å². The number of amides is 2. The molecular weight excluding hydrogens is 460 g/mol. The van der Waals surface area contributed by atoms with Gasteiger partial charge < -0.3 is 19.5 Å². The molecule has 2 aliphatic rings. The zero-order valence-electron chi connectivity index (χ0n) is 21.1. The number of hydrogen-bond acceptors (Lipinski definition) is 7. The first-order valence-electron chi connectivity index (χ1n) is 12.1. The number of anilines is 2. The maximum absolute atomic E-state index is 13.7. The summed E-state index contributed by atoms with van der Waals surface area (Å²) in [5.41, 5.74) is 2.48. The van der Waals surface area contributed by atoms with E-state index in [-0.39, 0.29) is 25.0 Å². The minimum absolute atomic E-state index is 0.0915. The number of pyridine rings is 2. The van der Waals surface area contributed by atoms with Gasteiger partial charge in [-0.3, -0.25) is 9.69 Å². The maximum atomic E-state index is 13.7. The molecule has 2 amide bonds. The van der Waals surface area contributed by atoms with Crippen LogP contribution in [0.5, 0.6) is 0 Å². The molecule has 1 N–H and O–H groups in total. The number of carboxylic acid groups (broad SMARTS) is 1. The van der Waals surface area contributed by atoms with E-state index < -0.39 is 6.09 Å². The first kappa shape index (κ1) is 23.7. The van der Waals surface area contributed by atoms with Crippen molar-refractivity contribution >= 4 is 23.6 Å². The summed E-state index contributed by atoms with van der Waals surface area (Å²) in [6, 6.07) is 8.09. The Labute approximate surface area is 209 Å². The van der Waals surface area contributed by atoms with Crippen LogP contribution in [-0.2, 0) is 13.1 Å². The SMILES string of the molecule is CC(C)n1cnnc1-c1cccc(N2Cc3c(cc(N4[C@H](C)C[C@H]4C)nc3CN(C)C(=O)O)C2=O)n1. The Balaban J connectivity index is 1.53. The molecule has 1 fully saturated rings. The van der Waals surface area contributed by atoms with Crippen molar-refractivity contribution < 1.29 is 14.7 Å². The van der Waals surface area contributed by atoms with E-state index in [9.17, 15) is 14.7 Å². The largest absolute Gasteiger partial charge is 0.465 e.